The Balaban J connectivity index is 2.40. The molecular weight excluding hydrogens is 252 g/mol. The number of rotatable bonds is 3. The topological polar surface area (TPSA) is 58.1 Å². The van der Waals surface area contributed by atoms with E-state index in [-0.39, 0.29) is 11.9 Å². The highest BCUT2D eigenvalue weighted by Gasteiger charge is 2.30. The van der Waals surface area contributed by atoms with Crippen LogP contribution in [0.25, 0.3) is 0 Å². The minimum Gasteiger partial charge on any atom is -0.353 e. The lowest BCUT2D eigenvalue weighted by Crippen LogP contribution is -2.55. The standard InChI is InChI=1S/C12H17ClN4O/c1-3-8-10(13)15-7-16-11(8)17-6-5-14-12(18)9(17)4-2/h7,9H,3-6H2,1-2H3,(H,14,18). The van der Waals surface area contributed by atoms with E-state index < -0.39 is 0 Å². The number of carbonyl (C=O) groups excluding carboxylic acids is 1. The van der Waals surface area contributed by atoms with Crippen LogP contribution in [-0.4, -0.2) is 35.0 Å². The lowest BCUT2D eigenvalue weighted by molar-refractivity contribution is -0.123. The number of aromatic nitrogens is 2. The number of hydrogen-bond acceptors (Lipinski definition) is 4. The Morgan fingerprint density at radius 1 is 1.50 bits per heavy atom. The van der Waals surface area contributed by atoms with Gasteiger partial charge in [-0.15, -0.1) is 0 Å². The molecule has 0 spiro atoms. The molecular formula is C12H17ClN4O. The van der Waals surface area contributed by atoms with Crippen molar-refractivity contribution in [1.29, 1.82) is 0 Å². The van der Waals surface area contributed by atoms with Gasteiger partial charge in [0, 0.05) is 18.7 Å². The fourth-order valence-corrected chi connectivity index (χ4v) is 2.57. The summed E-state index contributed by atoms with van der Waals surface area (Å²) in [7, 11) is 0. The largest absolute Gasteiger partial charge is 0.353 e. The summed E-state index contributed by atoms with van der Waals surface area (Å²) in [6.07, 6.45) is 2.95. The highest BCUT2D eigenvalue weighted by molar-refractivity contribution is 6.30. The molecule has 1 aromatic rings. The van der Waals surface area contributed by atoms with E-state index in [1.165, 1.54) is 6.33 Å². The van der Waals surface area contributed by atoms with Crippen molar-refractivity contribution >= 4 is 23.3 Å². The van der Waals surface area contributed by atoms with Crippen LogP contribution in [0.1, 0.15) is 25.8 Å². The highest BCUT2D eigenvalue weighted by Crippen LogP contribution is 2.26. The molecule has 1 fully saturated rings. The zero-order chi connectivity index (χ0) is 13.1. The van der Waals surface area contributed by atoms with Gasteiger partial charge >= 0.3 is 0 Å². The fraction of sp³-hybridized carbons (Fsp3) is 0.583. The number of nitrogens with zero attached hydrogens (tertiary/aromatic N) is 3. The second-order valence-electron chi connectivity index (χ2n) is 4.23. The third-order valence-electron chi connectivity index (χ3n) is 3.21. The predicted molar refractivity (Wildman–Crippen MR) is 70.9 cm³/mol. The number of amides is 1. The van der Waals surface area contributed by atoms with Crippen molar-refractivity contribution in [2.75, 3.05) is 18.0 Å². The number of piperazine rings is 1. The Morgan fingerprint density at radius 2 is 2.28 bits per heavy atom. The molecule has 98 valence electrons. The van der Waals surface area contributed by atoms with E-state index in [4.69, 9.17) is 11.6 Å². The van der Waals surface area contributed by atoms with Crippen LogP contribution in [0.4, 0.5) is 5.82 Å². The van der Waals surface area contributed by atoms with Gasteiger partial charge in [0.1, 0.15) is 23.3 Å². The van der Waals surface area contributed by atoms with Gasteiger partial charge in [-0.05, 0) is 12.8 Å². The summed E-state index contributed by atoms with van der Waals surface area (Å²) < 4.78 is 0. The first-order chi connectivity index (χ1) is 8.69. The van der Waals surface area contributed by atoms with Crippen LogP contribution in [0.3, 0.4) is 0 Å². The van der Waals surface area contributed by atoms with Crippen LogP contribution in [0, 0.1) is 0 Å². The van der Waals surface area contributed by atoms with Gasteiger partial charge in [0.2, 0.25) is 5.91 Å². The number of carbonyl (C=O) groups is 1. The molecule has 0 aliphatic carbocycles. The molecule has 1 aromatic heterocycles. The summed E-state index contributed by atoms with van der Waals surface area (Å²) in [5.74, 6) is 0.847. The third kappa shape index (κ3) is 2.27. The number of anilines is 1. The summed E-state index contributed by atoms with van der Waals surface area (Å²) in [6.45, 7) is 5.40. The van der Waals surface area contributed by atoms with Crippen molar-refractivity contribution < 1.29 is 4.79 Å². The van der Waals surface area contributed by atoms with Gasteiger partial charge in [-0.1, -0.05) is 25.4 Å². The zero-order valence-electron chi connectivity index (χ0n) is 10.6. The summed E-state index contributed by atoms with van der Waals surface area (Å²) in [4.78, 5) is 22.2. The van der Waals surface area contributed by atoms with Gasteiger partial charge in [0.15, 0.2) is 0 Å². The molecule has 0 saturated carbocycles. The predicted octanol–water partition coefficient (Wildman–Crippen LogP) is 1.41. The molecule has 5 nitrogen and oxygen atoms in total. The third-order valence-corrected chi connectivity index (χ3v) is 3.54. The van der Waals surface area contributed by atoms with Gasteiger partial charge in [-0.3, -0.25) is 4.79 Å². The number of nitrogens with one attached hydrogen (secondary N) is 1. The van der Waals surface area contributed by atoms with E-state index in [2.05, 4.69) is 15.3 Å². The van der Waals surface area contributed by atoms with E-state index in [0.717, 1.165) is 30.8 Å². The molecule has 1 unspecified atom stereocenters. The van der Waals surface area contributed by atoms with Gasteiger partial charge in [-0.25, -0.2) is 9.97 Å². The average Bonchev–Trinajstić information content (AvgIpc) is 2.38. The minimum absolute atomic E-state index is 0.0561. The normalized spacial score (nSPS) is 19.8. The number of hydrogen-bond donors (Lipinski definition) is 1. The zero-order valence-corrected chi connectivity index (χ0v) is 11.4. The van der Waals surface area contributed by atoms with Crippen LogP contribution in [0.5, 0.6) is 0 Å². The summed E-state index contributed by atoms with van der Waals surface area (Å²) in [5.41, 5.74) is 0.910. The molecule has 1 aliphatic rings. The first-order valence-electron chi connectivity index (χ1n) is 6.22. The van der Waals surface area contributed by atoms with Crippen LogP contribution in [0.2, 0.25) is 5.15 Å². The second-order valence-corrected chi connectivity index (χ2v) is 4.59. The van der Waals surface area contributed by atoms with Crippen molar-refractivity contribution in [2.45, 2.75) is 32.7 Å². The van der Waals surface area contributed by atoms with Gasteiger partial charge in [-0.2, -0.15) is 0 Å². The molecule has 6 heteroatoms. The summed E-state index contributed by atoms with van der Waals surface area (Å²) in [5, 5.41) is 3.35. The van der Waals surface area contributed by atoms with Crippen molar-refractivity contribution in [3.05, 3.63) is 17.0 Å². The van der Waals surface area contributed by atoms with E-state index in [1.807, 2.05) is 18.7 Å². The molecule has 2 rings (SSSR count). The molecule has 1 aliphatic heterocycles. The Labute approximate surface area is 112 Å². The lowest BCUT2D eigenvalue weighted by atomic mass is 10.1. The van der Waals surface area contributed by atoms with E-state index in [1.54, 1.807) is 0 Å². The molecule has 0 radical (unpaired) electrons. The number of halogens is 1. The highest BCUT2D eigenvalue weighted by atomic mass is 35.5. The minimum atomic E-state index is -0.171. The molecule has 18 heavy (non-hydrogen) atoms. The van der Waals surface area contributed by atoms with E-state index in [0.29, 0.717) is 11.7 Å². The van der Waals surface area contributed by atoms with Crippen LogP contribution >= 0.6 is 11.6 Å². The molecule has 1 N–H and O–H groups in total. The SMILES string of the molecule is CCc1c(Cl)ncnc1N1CCNC(=O)C1CC. The Bertz CT molecular complexity index is 452. The quantitative estimate of drug-likeness (QED) is 0.842. The van der Waals surface area contributed by atoms with Crippen molar-refractivity contribution in [2.24, 2.45) is 0 Å². The first kappa shape index (κ1) is 13.1. The molecule has 1 atom stereocenters. The second kappa shape index (κ2) is 5.52. The fourth-order valence-electron chi connectivity index (χ4n) is 2.31. The molecule has 1 amide bonds. The molecule has 1 saturated heterocycles. The first-order valence-corrected chi connectivity index (χ1v) is 6.60. The Hall–Kier alpha value is -1.36. The maximum Gasteiger partial charge on any atom is 0.242 e. The van der Waals surface area contributed by atoms with Crippen molar-refractivity contribution in [3.63, 3.8) is 0 Å². The maximum absolute atomic E-state index is 11.9. The summed E-state index contributed by atoms with van der Waals surface area (Å²) in [6, 6.07) is -0.171. The van der Waals surface area contributed by atoms with Crippen molar-refractivity contribution in [3.8, 4) is 0 Å². The van der Waals surface area contributed by atoms with E-state index in [9.17, 15) is 4.79 Å². The Kier molecular flexibility index (Phi) is 4.01. The molecule has 2 heterocycles. The Morgan fingerprint density at radius 3 is 2.94 bits per heavy atom. The van der Waals surface area contributed by atoms with Crippen LogP contribution in [-0.2, 0) is 11.2 Å². The summed E-state index contributed by atoms with van der Waals surface area (Å²) >= 11 is 6.10. The van der Waals surface area contributed by atoms with Crippen molar-refractivity contribution in [1.82, 2.24) is 15.3 Å². The smallest absolute Gasteiger partial charge is 0.242 e. The molecule has 0 bridgehead atoms. The molecule has 0 aromatic carbocycles. The monoisotopic (exact) mass is 268 g/mol. The van der Waals surface area contributed by atoms with Crippen LogP contribution in [0.15, 0.2) is 6.33 Å². The lowest BCUT2D eigenvalue weighted by Gasteiger charge is -2.36. The van der Waals surface area contributed by atoms with Gasteiger partial charge < -0.3 is 10.2 Å². The van der Waals surface area contributed by atoms with E-state index >= 15 is 0 Å². The van der Waals surface area contributed by atoms with Crippen LogP contribution < -0.4 is 10.2 Å². The maximum atomic E-state index is 11.9. The average molecular weight is 269 g/mol. The van der Waals surface area contributed by atoms with Gasteiger partial charge in [0.25, 0.3) is 0 Å². The van der Waals surface area contributed by atoms with Gasteiger partial charge in [0.05, 0.1) is 0 Å².